The van der Waals surface area contributed by atoms with Crippen molar-refractivity contribution in [2.45, 2.75) is 31.4 Å². The molecule has 0 aliphatic carbocycles. The van der Waals surface area contributed by atoms with E-state index in [0.29, 0.717) is 5.56 Å². The predicted molar refractivity (Wildman–Crippen MR) is 64.6 cm³/mol. The van der Waals surface area contributed by atoms with E-state index in [9.17, 15) is 22.8 Å². The molecule has 2 rings (SSSR count). The van der Waals surface area contributed by atoms with E-state index in [1.54, 1.807) is 0 Å². The van der Waals surface area contributed by atoms with Crippen molar-refractivity contribution in [3.8, 4) is 0 Å². The molecule has 4 nitrogen and oxygen atoms in total. The average molecular weight is 286 g/mol. The van der Waals surface area contributed by atoms with E-state index >= 15 is 0 Å². The van der Waals surface area contributed by atoms with Gasteiger partial charge in [0.25, 0.3) is 0 Å². The first-order valence-corrected chi connectivity index (χ1v) is 6.09. The molecule has 20 heavy (non-hydrogen) atoms. The Bertz CT molecular complexity index is 505. The number of benzene rings is 1. The lowest BCUT2D eigenvalue weighted by molar-refractivity contribution is -0.137. The highest BCUT2D eigenvalue weighted by Crippen LogP contribution is 2.11. The minimum atomic E-state index is -2.67. The van der Waals surface area contributed by atoms with E-state index in [-0.39, 0.29) is 6.42 Å². The molecule has 2 atom stereocenters. The summed E-state index contributed by atoms with van der Waals surface area (Å²) in [6.07, 6.45) is -3.19. The molecule has 2 N–H and O–H groups in total. The fourth-order valence-corrected chi connectivity index (χ4v) is 2.02. The summed E-state index contributed by atoms with van der Waals surface area (Å²) in [5.74, 6) is -1.54. The van der Waals surface area contributed by atoms with Crippen molar-refractivity contribution in [3.05, 3.63) is 35.6 Å². The van der Waals surface area contributed by atoms with Gasteiger partial charge in [-0.2, -0.15) is 0 Å². The zero-order valence-electron chi connectivity index (χ0n) is 10.4. The highest BCUT2D eigenvalue weighted by molar-refractivity contribution is 5.97. The van der Waals surface area contributed by atoms with Crippen LogP contribution < -0.4 is 10.6 Å². The third kappa shape index (κ3) is 3.49. The minimum Gasteiger partial charge on any atom is -0.342 e. The van der Waals surface area contributed by atoms with E-state index in [1.165, 1.54) is 24.3 Å². The van der Waals surface area contributed by atoms with Crippen LogP contribution in [-0.2, 0) is 16.0 Å². The monoisotopic (exact) mass is 286 g/mol. The molecule has 0 radical (unpaired) electrons. The maximum absolute atomic E-state index is 12.8. The Morgan fingerprint density at radius 2 is 1.55 bits per heavy atom. The van der Waals surface area contributed by atoms with E-state index in [4.69, 9.17) is 0 Å². The minimum absolute atomic E-state index is 0.180. The van der Waals surface area contributed by atoms with Gasteiger partial charge in [-0.3, -0.25) is 9.59 Å². The highest BCUT2D eigenvalue weighted by atomic mass is 19.3. The molecule has 0 spiro atoms. The summed E-state index contributed by atoms with van der Waals surface area (Å²) in [4.78, 5) is 23.4. The Morgan fingerprint density at radius 3 is 2.15 bits per heavy atom. The second-order valence-electron chi connectivity index (χ2n) is 4.58. The number of alkyl halides is 2. The quantitative estimate of drug-likeness (QED) is 0.868. The summed E-state index contributed by atoms with van der Waals surface area (Å²) in [5, 5.41) is 4.68. The van der Waals surface area contributed by atoms with Crippen molar-refractivity contribution in [1.82, 2.24) is 10.6 Å². The number of piperazine rings is 1. The smallest absolute Gasteiger partial charge is 0.243 e. The van der Waals surface area contributed by atoms with Crippen LogP contribution in [0.4, 0.5) is 13.2 Å². The van der Waals surface area contributed by atoms with Crippen LogP contribution in [0.3, 0.4) is 0 Å². The van der Waals surface area contributed by atoms with Gasteiger partial charge >= 0.3 is 0 Å². The fraction of sp³-hybridized carbons (Fsp3) is 0.385. The lowest BCUT2D eigenvalue weighted by Crippen LogP contribution is -2.62. The molecule has 0 aromatic heterocycles. The van der Waals surface area contributed by atoms with E-state index in [2.05, 4.69) is 10.6 Å². The van der Waals surface area contributed by atoms with E-state index in [1.807, 2.05) is 0 Å². The number of hydrogen-bond acceptors (Lipinski definition) is 2. The number of halogens is 3. The van der Waals surface area contributed by atoms with Crippen molar-refractivity contribution in [2.24, 2.45) is 0 Å². The molecular formula is C13H13F3N2O2. The van der Waals surface area contributed by atoms with Gasteiger partial charge in [0.15, 0.2) is 0 Å². The van der Waals surface area contributed by atoms with Crippen LogP contribution in [0.1, 0.15) is 12.0 Å². The van der Waals surface area contributed by atoms with Gasteiger partial charge in [-0.15, -0.1) is 0 Å². The number of carbonyl (C=O) groups excluding carboxylic acids is 2. The lowest BCUT2D eigenvalue weighted by Gasteiger charge is -2.29. The third-order valence-electron chi connectivity index (χ3n) is 3.03. The standard InChI is InChI=1S/C13H13F3N2O2/c14-8-3-1-7(2-4-8)5-9-12(19)18-10(6-11(15)16)13(20)17-9/h1-4,9-11H,5-6H2,(H,17,20)(H,18,19)/t9-,10?/m0/s1. The summed E-state index contributed by atoms with van der Waals surface area (Å²) in [6.45, 7) is 0. The molecule has 0 bridgehead atoms. The van der Waals surface area contributed by atoms with Gasteiger partial charge in [0, 0.05) is 12.8 Å². The first-order valence-electron chi connectivity index (χ1n) is 6.09. The van der Waals surface area contributed by atoms with Gasteiger partial charge in [-0.1, -0.05) is 12.1 Å². The molecule has 108 valence electrons. The first-order chi connectivity index (χ1) is 9.45. The Morgan fingerprint density at radius 1 is 1.00 bits per heavy atom. The number of carbonyl (C=O) groups is 2. The summed E-state index contributed by atoms with van der Waals surface area (Å²) >= 11 is 0. The highest BCUT2D eigenvalue weighted by Gasteiger charge is 2.34. The van der Waals surface area contributed by atoms with Crippen LogP contribution in [0.5, 0.6) is 0 Å². The molecule has 7 heteroatoms. The van der Waals surface area contributed by atoms with Crippen molar-refractivity contribution < 1.29 is 22.8 Å². The third-order valence-corrected chi connectivity index (χ3v) is 3.03. The Kier molecular flexibility index (Phi) is 4.26. The Hall–Kier alpha value is -2.05. The summed E-state index contributed by atoms with van der Waals surface area (Å²) in [7, 11) is 0. The molecule has 2 amide bonds. The van der Waals surface area contributed by atoms with Crippen molar-refractivity contribution in [3.63, 3.8) is 0 Å². The molecule has 1 fully saturated rings. The summed E-state index contributed by atoms with van der Waals surface area (Å²) in [5.41, 5.74) is 0.666. The molecule has 1 aliphatic heterocycles. The predicted octanol–water partition coefficient (Wildman–Crippen LogP) is 1.01. The van der Waals surface area contributed by atoms with Crippen molar-refractivity contribution in [2.75, 3.05) is 0 Å². The van der Waals surface area contributed by atoms with Gasteiger partial charge in [0.1, 0.15) is 17.9 Å². The van der Waals surface area contributed by atoms with Crippen LogP contribution in [-0.4, -0.2) is 30.3 Å². The van der Waals surface area contributed by atoms with Crippen LogP contribution in [0, 0.1) is 5.82 Å². The zero-order chi connectivity index (χ0) is 14.7. The fourth-order valence-electron chi connectivity index (χ4n) is 2.02. The maximum Gasteiger partial charge on any atom is 0.243 e. The molecule has 1 aromatic carbocycles. The van der Waals surface area contributed by atoms with Gasteiger partial charge in [-0.25, -0.2) is 13.2 Å². The topological polar surface area (TPSA) is 58.2 Å². The molecule has 1 heterocycles. The Balaban J connectivity index is 1.99. The molecule has 0 saturated carbocycles. The second-order valence-corrected chi connectivity index (χ2v) is 4.58. The van der Waals surface area contributed by atoms with Crippen LogP contribution in [0.25, 0.3) is 0 Å². The summed E-state index contributed by atoms with van der Waals surface area (Å²) < 4.78 is 37.2. The molecule has 1 aliphatic rings. The maximum atomic E-state index is 12.8. The second kappa shape index (κ2) is 5.94. The van der Waals surface area contributed by atoms with E-state index < -0.39 is 42.6 Å². The lowest BCUT2D eigenvalue weighted by atomic mass is 10.0. The number of hydrogen-bond donors (Lipinski definition) is 2. The molecule has 1 saturated heterocycles. The average Bonchev–Trinajstić information content (AvgIpc) is 2.37. The molecular weight excluding hydrogens is 273 g/mol. The zero-order valence-corrected chi connectivity index (χ0v) is 10.4. The van der Waals surface area contributed by atoms with Gasteiger partial charge in [0.2, 0.25) is 18.2 Å². The molecule has 1 aromatic rings. The van der Waals surface area contributed by atoms with Gasteiger partial charge in [-0.05, 0) is 17.7 Å². The van der Waals surface area contributed by atoms with Crippen LogP contribution in [0.15, 0.2) is 24.3 Å². The van der Waals surface area contributed by atoms with Crippen molar-refractivity contribution in [1.29, 1.82) is 0 Å². The van der Waals surface area contributed by atoms with Crippen molar-refractivity contribution >= 4 is 11.8 Å². The first kappa shape index (κ1) is 14.4. The number of nitrogens with one attached hydrogen (secondary N) is 2. The SMILES string of the molecule is O=C1N[C@@H](Cc2ccc(F)cc2)C(=O)NC1CC(F)F. The normalized spacial score (nSPS) is 22.6. The number of amides is 2. The Labute approximate surface area is 113 Å². The van der Waals surface area contributed by atoms with Gasteiger partial charge in [0.05, 0.1) is 0 Å². The summed E-state index contributed by atoms with van der Waals surface area (Å²) in [6, 6.07) is 3.46. The van der Waals surface area contributed by atoms with Crippen LogP contribution >= 0.6 is 0 Å². The number of rotatable bonds is 4. The largest absolute Gasteiger partial charge is 0.342 e. The van der Waals surface area contributed by atoms with Crippen LogP contribution in [0.2, 0.25) is 0 Å². The molecule has 1 unspecified atom stereocenters. The van der Waals surface area contributed by atoms with Gasteiger partial charge < -0.3 is 10.6 Å². The van der Waals surface area contributed by atoms with E-state index in [0.717, 1.165) is 0 Å².